The van der Waals surface area contributed by atoms with E-state index < -0.39 is 0 Å². The molecule has 94 valence electrons. The van der Waals surface area contributed by atoms with E-state index in [0.29, 0.717) is 32.9 Å². The normalized spacial score (nSPS) is 14.9. The van der Waals surface area contributed by atoms with Crippen LogP contribution in [0.3, 0.4) is 0 Å². The number of carbonyl (C=O) groups is 1. The number of carbonyl (C=O) groups excluding carboxylic acids is 1. The van der Waals surface area contributed by atoms with Gasteiger partial charge in [0, 0.05) is 25.5 Å². The van der Waals surface area contributed by atoms with Crippen molar-refractivity contribution in [3.8, 4) is 0 Å². The predicted molar refractivity (Wildman–Crippen MR) is 64.1 cm³/mol. The molecule has 1 aliphatic rings. The molecule has 2 heterocycles. The molecule has 17 heavy (non-hydrogen) atoms. The molecule has 0 aromatic carbocycles. The van der Waals surface area contributed by atoms with Gasteiger partial charge in [-0.25, -0.2) is 4.79 Å². The Labute approximate surface area is 106 Å². The lowest BCUT2D eigenvalue weighted by atomic mass is 10.3. The van der Waals surface area contributed by atoms with Crippen molar-refractivity contribution >= 4 is 18.5 Å². The molecule has 5 nitrogen and oxygen atoms in total. The topological polar surface area (TPSA) is 51.7 Å². The number of morpholine rings is 1. The van der Waals surface area contributed by atoms with Crippen molar-refractivity contribution in [3.63, 3.8) is 0 Å². The molecule has 1 amide bonds. The van der Waals surface area contributed by atoms with Gasteiger partial charge in [-0.05, 0) is 17.7 Å². The molecule has 1 aromatic heterocycles. The number of aromatic nitrogens is 1. The fraction of sp³-hybridized carbons (Fsp3) is 0.455. The number of hydrogen-bond acceptors (Lipinski definition) is 4. The summed E-state index contributed by atoms with van der Waals surface area (Å²) in [5.74, 6) is 0. The summed E-state index contributed by atoms with van der Waals surface area (Å²) in [5, 5.41) is 0. The third-order valence-electron chi connectivity index (χ3n) is 2.38. The Kier molecular flexibility index (Phi) is 5.72. The first-order valence-electron chi connectivity index (χ1n) is 5.24. The maximum atomic E-state index is 11.6. The van der Waals surface area contributed by atoms with E-state index in [1.54, 1.807) is 17.3 Å². The summed E-state index contributed by atoms with van der Waals surface area (Å²) in [6, 6.07) is 3.65. The Bertz CT molecular complexity index is 342. The monoisotopic (exact) mass is 258 g/mol. The minimum Gasteiger partial charge on any atom is -0.445 e. The second-order valence-electron chi connectivity index (χ2n) is 3.51. The zero-order valence-corrected chi connectivity index (χ0v) is 10.2. The highest BCUT2D eigenvalue weighted by atomic mass is 35.5. The van der Waals surface area contributed by atoms with Gasteiger partial charge in [0.15, 0.2) is 0 Å². The van der Waals surface area contributed by atoms with Crippen LogP contribution in [0, 0.1) is 0 Å². The van der Waals surface area contributed by atoms with Crippen LogP contribution < -0.4 is 0 Å². The average Bonchev–Trinajstić information content (AvgIpc) is 2.38. The standard InChI is InChI=1S/C11H14N2O3.ClH/c14-11(13-5-7-15-8-6-13)16-9-10-1-3-12-4-2-10;/h1-4H,5-9H2;1H. The third kappa shape index (κ3) is 4.20. The molecule has 0 unspecified atom stereocenters. The third-order valence-corrected chi connectivity index (χ3v) is 2.38. The quantitative estimate of drug-likeness (QED) is 0.806. The Morgan fingerprint density at radius 2 is 2.00 bits per heavy atom. The Morgan fingerprint density at radius 3 is 2.65 bits per heavy atom. The highest BCUT2D eigenvalue weighted by molar-refractivity contribution is 5.85. The van der Waals surface area contributed by atoms with Gasteiger partial charge in [-0.3, -0.25) is 4.98 Å². The van der Waals surface area contributed by atoms with Gasteiger partial charge in [-0.2, -0.15) is 0 Å². The van der Waals surface area contributed by atoms with E-state index in [9.17, 15) is 4.79 Å². The van der Waals surface area contributed by atoms with Crippen LogP contribution in [0.4, 0.5) is 4.79 Å². The molecule has 1 fully saturated rings. The zero-order chi connectivity index (χ0) is 11.2. The molecule has 1 aliphatic heterocycles. The first-order valence-corrected chi connectivity index (χ1v) is 5.24. The molecule has 0 spiro atoms. The van der Waals surface area contributed by atoms with Crippen LogP contribution in [0.1, 0.15) is 5.56 Å². The van der Waals surface area contributed by atoms with Crippen LogP contribution >= 0.6 is 12.4 Å². The van der Waals surface area contributed by atoms with Crippen molar-refractivity contribution in [2.75, 3.05) is 26.3 Å². The van der Waals surface area contributed by atoms with Gasteiger partial charge in [0.2, 0.25) is 0 Å². The van der Waals surface area contributed by atoms with Crippen molar-refractivity contribution in [1.29, 1.82) is 0 Å². The molecule has 6 heteroatoms. The highest BCUT2D eigenvalue weighted by Crippen LogP contribution is 2.04. The molecule has 1 saturated heterocycles. The van der Waals surface area contributed by atoms with E-state index in [1.165, 1.54) is 0 Å². The largest absolute Gasteiger partial charge is 0.445 e. The number of halogens is 1. The van der Waals surface area contributed by atoms with Gasteiger partial charge in [0.1, 0.15) is 6.61 Å². The molecule has 0 bridgehead atoms. The van der Waals surface area contributed by atoms with Crippen LogP contribution in [0.25, 0.3) is 0 Å². The Balaban J connectivity index is 0.00000144. The van der Waals surface area contributed by atoms with Crippen LogP contribution in [0.5, 0.6) is 0 Å². The van der Waals surface area contributed by atoms with Crippen molar-refractivity contribution in [2.24, 2.45) is 0 Å². The Morgan fingerprint density at radius 1 is 1.35 bits per heavy atom. The molecule has 2 rings (SSSR count). The van der Waals surface area contributed by atoms with E-state index in [-0.39, 0.29) is 18.5 Å². The van der Waals surface area contributed by atoms with E-state index >= 15 is 0 Å². The lowest BCUT2D eigenvalue weighted by Gasteiger charge is -2.25. The lowest BCUT2D eigenvalue weighted by molar-refractivity contribution is 0.0249. The fourth-order valence-corrected chi connectivity index (χ4v) is 1.46. The van der Waals surface area contributed by atoms with Gasteiger partial charge >= 0.3 is 6.09 Å². The molecule has 0 aliphatic carbocycles. The lowest BCUT2D eigenvalue weighted by Crippen LogP contribution is -2.40. The SMILES string of the molecule is Cl.O=C(OCc1ccncc1)N1CCOCC1. The van der Waals surface area contributed by atoms with E-state index in [4.69, 9.17) is 9.47 Å². The maximum Gasteiger partial charge on any atom is 0.410 e. The molecular formula is C11H15ClN2O3. The van der Waals surface area contributed by atoms with E-state index in [2.05, 4.69) is 4.98 Å². The first kappa shape index (κ1) is 13.7. The smallest absolute Gasteiger partial charge is 0.410 e. The minimum atomic E-state index is -0.278. The fourth-order valence-electron chi connectivity index (χ4n) is 1.46. The summed E-state index contributed by atoms with van der Waals surface area (Å²) >= 11 is 0. The van der Waals surface area contributed by atoms with Gasteiger partial charge < -0.3 is 14.4 Å². The van der Waals surface area contributed by atoms with Crippen molar-refractivity contribution in [2.45, 2.75) is 6.61 Å². The second kappa shape index (κ2) is 7.09. The number of pyridine rings is 1. The Hall–Kier alpha value is -1.33. The first-order chi connectivity index (χ1) is 7.86. The summed E-state index contributed by atoms with van der Waals surface area (Å²) in [4.78, 5) is 17.2. The summed E-state index contributed by atoms with van der Waals surface area (Å²) in [6.07, 6.45) is 3.08. The van der Waals surface area contributed by atoms with Gasteiger partial charge in [0.25, 0.3) is 0 Å². The minimum absolute atomic E-state index is 0. The molecule has 0 atom stereocenters. The summed E-state index contributed by atoms with van der Waals surface area (Å²) < 4.78 is 10.3. The summed E-state index contributed by atoms with van der Waals surface area (Å²) in [6.45, 7) is 2.68. The van der Waals surface area contributed by atoms with Crippen LogP contribution in [0.15, 0.2) is 24.5 Å². The van der Waals surface area contributed by atoms with Crippen molar-refractivity contribution in [1.82, 2.24) is 9.88 Å². The molecule has 0 N–H and O–H groups in total. The predicted octanol–water partition coefficient (Wildman–Crippen LogP) is 1.47. The zero-order valence-electron chi connectivity index (χ0n) is 9.37. The van der Waals surface area contributed by atoms with Crippen LogP contribution in [0.2, 0.25) is 0 Å². The number of nitrogens with zero attached hydrogens (tertiary/aromatic N) is 2. The molecule has 0 radical (unpaired) electrons. The molecule has 1 aromatic rings. The number of amides is 1. The van der Waals surface area contributed by atoms with Gasteiger partial charge in [-0.15, -0.1) is 12.4 Å². The molecule has 0 saturated carbocycles. The van der Waals surface area contributed by atoms with E-state index in [0.717, 1.165) is 5.56 Å². The highest BCUT2D eigenvalue weighted by Gasteiger charge is 2.17. The number of rotatable bonds is 2. The summed E-state index contributed by atoms with van der Waals surface area (Å²) in [5.41, 5.74) is 0.941. The van der Waals surface area contributed by atoms with Gasteiger partial charge in [-0.1, -0.05) is 0 Å². The van der Waals surface area contributed by atoms with E-state index in [1.807, 2.05) is 12.1 Å². The number of hydrogen-bond donors (Lipinski definition) is 0. The van der Waals surface area contributed by atoms with Crippen molar-refractivity contribution in [3.05, 3.63) is 30.1 Å². The van der Waals surface area contributed by atoms with Crippen LogP contribution in [-0.2, 0) is 16.1 Å². The average molecular weight is 259 g/mol. The molecular weight excluding hydrogens is 244 g/mol. The summed E-state index contributed by atoms with van der Waals surface area (Å²) in [7, 11) is 0. The second-order valence-corrected chi connectivity index (χ2v) is 3.51. The number of ether oxygens (including phenoxy) is 2. The van der Waals surface area contributed by atoms with Gasteiger partial charge in [0.05, 0.1) is 13.2 Å². The van der Waals surface area contributed by atoms with Crippen molar-refractivity contribution < 1.29 is 14.3 Å². The van der Waals surface area contributed by atoms with Crippen LogP contribution in [-0.4, -0.2) is 42.3 Å². The maximum absolute atomic E-state index is 11.6.